The van der Waals surface area contributed by atoms with E-state index in [1.54, 1.807) is 0 Å². The summed E-state index contributed by atoms with van der Waals surface area (Å²) < 4.78 is 9.59. The second-order valence-corrected chi connectivity index (χ2v) is 2.76. The van der Waals surface area contributed by atoms with Crippen molar-refractivity contribution in [3.05, 3.63) is 15.9 Å². The third-order valence-electron chi connectivity index (χ3n) is 1.21. The minimum absolute atomic E-state index is 0.0110. The molecular formula is C6H6BrNO4. The first-order valence-corrected chi connectivity index (χ1v) is 3.82. The Kier molecular flexibility index (Phi) is 2.83. The van der Waals surface area contributed by atoms with E-state index in [4.69, 9.17) is 14.4 Å². The largest absolute Gasteiger partial charge is 0.477 e. The van der Waals surface area contributed by atoms with Crippen LogP contribution < -0.4 is 0 Å². The van der Waals surface area contributed by atoms with E-state index in [1.165, 1.54) is 7.11 Å². The van der Waals surface area contributed by atoms with E-state index in [2.05, 4.69) is 21.1 Å². The molecule has 1 N–H and O–H groups in total. The zero-order valence-corrected chi connectivity index (χ0v) is 7.79. The van der Waals surface area contributed by atoms with Gasteiger partial charge in [-0.3, -0.25) is 0 Å². The zero-order chi connectivity index (χ0) is 9.14. The molecule has 0 bridgehead atoms. The molecule has 0 radical (unpaired) electrons. The van der Waals surface area contributed by atoms with E-state index in [0.29, 0.717) is 0 Å². The van der Waals surface area contributed by atoms with Crippen LogP contribution in [0.1, 0.15) is 16.1 Å². The third-order valence-corrected chi connectivity index (χ3v) is 1.75. The lowest BCUT2D eigenvalue weighted by Gasteiger charge is -1.93. The Balaban J connectivity index is 3.04. The minimum atomic E-state index is -1.09. The average Bonchev–Trinajstić information content (AvgIpc) is 2.32. The summed E-state index contributed by atoms with van der Waals surface area (Å²) in [5, 5.41) is 12.1. The smallest absolute Gasteiger partial charge is 0.342 e. The number of methoxy groups -OCH3 is 1. The monoisotopic (exact) mass is 235 g/mol. The van der Waals surface area contributed by atoms with E-state index in [1.807, 2.05) is 0 Å². The molecule has 1 aromatic heterocycles. The van der Waals surface area contributed by atoms with Crippen LogP contribution in [-0.4, -0.2) is 23.3 Å². The summed E-state index contributed by atoms with van der Waals surface area (Å²) in [6, 6.07) is 0. The number of hydrogen-bond acceptors (Lipinski definition) is 4. The summed E-state index contributed by atoms with van der Waals surface area (Å²) in [5.41, 5.74) is 0.0110. The molecule has 1 heterocycles. The molecule has 6 heteroatoms. The number of hydrogen-bond donors (Lipinski definition) is 1. The van der Waals surface area contributed by atoms with Gasteiger partial charge in [0.1, 0.15) is 12.2 Å². The second kappa shape index (κ2) is 3.68. The SMILES string of the molecule is COCc1onc(Br)c1C(=O)O. The first kappa shape index (κ1) is 9.21. The Morgan fingerprint density at radius 1 is 1.83 bits per heavy atom. The highest BCUT2D eigenvalue weighted by Crippen LogP contribution is 2.19. The van der Waals surface area contributed by atoms with Gasteiger partial charge in [0.2, 0.25) is 0 Å². The van der Waals surface area contributed by atoms with Gasteiger partial charge < -0.3 is 14.4 Å². The molecule has 0 spiro atoms. The first-order valence-electron chi connectivity index (χ1n) is 3.03. The van der Waals surface area contributed by atoms with Gasteiger partial charge in [-0.15, -0.1) is 0 Å². The lowest BCUT2D eigenvalue weighted by Crippen LogP contribution is -2.00. The van der Waals surface area contributed by atoms with Gasteiger partial charge in [-0.1, -0.05) is 5.16 Å². The number of aromatic nitrogens is 1. The van der Waals surface area contributed by atoms with Crippen LogP contribution >= 0.6 is 15.9 Å². The van der Waals surface area contributed by atoms with Gasteiger partial charge >= 0.3 is 5.97 Å². The summed E-state index contributed by atoms with van der Waals surface area (Å²) in [5.74, 6) is -0.882. The fraction of sp³-hybridized carbons (Fsp3) is 0.333. The summed E-state index contributed by atoms with van der Waals surface area (Å²) in [6.45, 7) is 0.0975. The summed E-state index contributed by atoms with van der Waals surface area (Å²) in [4.78, 5) is 10.6. The van der Waals surface area contributed by atoms with E-state index in [9.17, 15) is 4.79 Å². The van der Waals surface area contributed by atoms with Gasteiger partial charge in [0.25, 0.3) is 0 Å². The summed E-state index contributed by atoms with van der Waals surface area (Å²) in [6.07, 6.45) is 0. The number of nitrogens with zero attached hydrogens (tertiary/aromatic N) is 1. The van der Waals surface area contributed by atoms with Crippen molar-refractivity contribution < 1.29 is 19.2 Å². The number of carbonyl (C=O) groups is 1. The van der Waals surface area contributed by atoms with Crippen molar-refractivity contribution in [1.82, 2.24) is 5.16 Å². The van der Waals surface area contributed by atoms with Gasteiger partial charge in [-0.25, -0.2) is 4.79 Å². The van der Waals surface area contributed by atoms with Crippen molar-refractivity contribution >= 4 is 21.9 Å². The van der Waals surface area contributed by atoms with E-state index in [-0.39, 0.29) is 22.5 Å². The maximum atomic E-state index is 10.6. The molecule has 0 aliphatic rings. The van der Waals surface area contributed by atoms with Gasteiger partial charge in [0, 0.05) is 7.11 Å². The van der Waals surface area contributed by atoms with Crippen LogP contribution in [0.15, 0.2) is 9.13 Å². The van der Waals surface area contributed by atoms with Crippen LogP contribution in [0.2, 0.25) is 0 Å². The zero-order valence-electron chi connectivity index (χ0n) is 6.20. The van der Waals surface area contributed by atoms with Crippen LogP contribution in [0.5, 0.6) is 0 Å². The van der Waals surface area contributed by atoms with Crippen LogP contribution in [0, 0.1) is 0 Å². The molecule has 0 saturated heterocycles. The maximum Gasteiger partial charge on any atom is 0.342 e. The van der Waals surface area contributed by atoms with Crippen LogP contribution in [-0.2, 0) is 11.3 Å². The number of carboxylic acids is 1. The predicted molar refractivity (Wildman–Crippen MR) is 41.9 cm³/mol. The quantitative estimate of drug-likeness (QED) is 0.855. The third kappa shape index (κ3) is 1.64. The van der Waals surface area contributed by atoms with Crippen LogP contribution in [0.4, 0.5) is 0 Å². The van der Waals surface area contributed by atoms with Crippen molar-refractivity contribution in [2.75, 3.05) is 7.11 Å². The molecular weight excluding hydrogens is 230 g/mol. The molecule has 66 valence electrons. The van der Waals surface area contributed by atoms with Crippen molar-refractivity contribution in [3.8, 4) is 0 Å². The minimum Gasteiger partial charge on any atom is -0.477 e. The van der Waals surface area contributed by atoms with Crippen LogP contribution in [0.25, 0.3) is 0 Å². The maximum absolute atomic E-state index is 10.6. The summed E-state index contributed by atoms with van der Waals surface area (Å²) in [7, 11) is 1.45. The predicted octanol–water partition coefficient (Wildman–Crippen LogP) is 1.28. The van der Waals surface area contributed by atoms with Crippen molar-refractivity contribution in [1.29, 1.82) is 0 Å². The topological polar surface area (TPSA) is 72.6 Å². The summed E-state index contributed by atoms with van der Waals surface area (Å²) >= 11 is 2.95. The molecule has 0 unspecified atom stereocenters. The molecule has 1 aromatic rings. The van der Waals surface area contributed by atoms with Gasteiger partial charge in [-0.05, 0) is 15.9 Å². The van der Waals surface area contributed by atoms with Crippen LogP contribution in [0.3, 0.4) is 0 Å². The molecule has 0 fully saturated rings. The Bertz CT molecular complexity index is 296. The Hall–Kier alpha value is -0.880. The Labute approximate surface area is 76.4 Å². The molecule has 0 aliphatic heterocycles. The Morgan fingerprint density at radius 2 is 2.50 bits per heavy atom. The Morgan fingerprint density at radius 3 is 3.00 bits per heavy atom. The lowest BCUT2D eigenvalue weighted by atomic mass is 10.3. The van der Waals surface area contributed by atoms with E-state index < -0.39 is 5.97 Å². The molecule has 0 atom stereocenters. The molecule has 1 rings (SSSR count). The molecule has 0 saturated carbocycles. The number of rotatable bonds is 3. The molecule has 0 aliphatic carbocycles. The molecule has 5 nitrogen and oxygen atoms in total. The highest BCUT2D eigenvalue weighted by molar-refractivity contribution is 9.10. The lowest BCUT2D eigenvalue weighted by molar-refractivity contribution is 0.0687. The van der Waals surface area contributed by atoms with E-state index in [0.717, 1.165) is 0 Å². The van der Waals surface area contributed by atoms with Crippen molar-refractivity contribution in [3.63, 3.8) is 0 Å². The number of halogens is 1. The number of carboxylic acid groups (broad SMARTS) is 1. The fourth-order valence-electron chi connectivity index (χ4n) is 0.739. The number of ether oxygens (including phenoxy) is 1. The average molecular weight is 236 g/mol. The molecule has 0 amide bonds. The van der Waals surface area contributed by atoms with Gasteiger partial charge in [-0.2, -0.15) is 0 Å². The fourth-order valence-corrected chi connectivity index (χ4v) is 1.20. The highest BCUT2D eigenvalue weighted by atomic mass is 79.9. The first-order chi connectivity index (χ1) is 5.66. The second-order valence-electron chi connectivity index (χ2n) is 2.01. The highest BCUT2D eigenvalue weighted by Gasteiger charge is 2.20. The van der Waals surface area contributed by atoms with Gasteiger partial charge in [0.05, 0.1) is 0 Å². The number of aromatic carboxylic acids is 1. The van der Waals surface area contributed by atoms with Crippen molar-refractivity contribution in [2.45, 2.75) is 6.61 Å². The normalized spacial score (nSPS) is 10.2. The molecule has 0 aromatic carbocycles. The van der Waals surface area contributed by atoms with E-state index >= 15 is 0 Å². The van der Waals surface area contributed by atoms with Crippen molar-refractivity contribution in [2.24, 2.45) is 0 Å². The standard InChI is InChI=1S/C6H6BrNO4/c1-11-2-3-4(6(9)10)5(7)8-12-3/h2H2,1H3,(H,9,10). The molecule has 12 heavy (non-hydrogen) atoms. The van der Waals surface area contributed by atoms with Gasteiger partial charge in [0.15, 0.2) is 10.4 Å².